The fourth-order valence-corrected chi connectivity index (χ4v) is 7.94. The van der Waals surface area contributed by atoms with Crippen LogP contribution in [0, 0.1) is 29.3 Å². The van der Waals surface area contributed by atoms with Gasteiger partial charge in [0, 0.05) is 23.4 Å². The Morgan fingerprint density at radius 2 is 1.64 bits per heavy atom. The lowest BCUT2D eigenvalue weighted by Crippen LogP contribution is -2.58. The van der Waals surface area contributed by atoms with Gasteiger partial charge in [0.15, 0.2) is 27.3 Å². The van der Waals surface area contributed by atoms with E-state index in [1.54, 1.807) is 0 Å². The van der Waals surface area contributed by atoms with Crippen LogP contribution in [0.15, 0.2) is 35.2 Å². The second-order valence-corrected chi connectivity index (χ2v) is 12.1. The summed E-state index contributed by atoms with van der Waals surface area (Å²) >= 11 is 6.19. The minimum Gasteiger partial charge on any atom is -0.391 e. The number of carbonyl (C=O) groups is 1. The average molecular weight is 548 g/mol. The van der Waals surface area contributed by atoms with Crippen LogP contribution in [0.2, 0.25) is 5.02 Å². The minimum atomic E-state index is -4.10. The fourth-order valence-electron chi connectivity index (χ4n) is 5.54. The molecular formula is C24H25ClF3NO6S. The van der Waals surface area contributed by atoms with Gasteiger partial charge in [0.1, 0.15) is 6.10 Å². The number of hydrogen-bond acceptors (Lipinski definition) is 6. The molecule has 7 nitrogen and oxygen atoms in total. The van der Waals surface area contributed by atoms with Crippen molar-refractivity contribution in [3.05, 3.63) is 58.4 Å². The van der Waals surface area contributed by atoms with Crippen molar-refractivity contribution in [1.29, 1.82) is 0 Å². The van der Waals surface area contributed by atoms with Crippen molar-refractivity contribution in [1.82, 2.24) is 0 Å². The molecule has 1 amide bonds. The number of anilines is 1. The number of sulfone groups is 1. The molecule has 6 atom stereocenters. The number of aliphatic hydroxyl groups is 3. The van der Waals surface area contributed by atoms with Crippen molar-refractivity contribution in [3.63, 3.8) is 0 Å². The van der Waals surface area contributed by atoms with Gasteiger partial charge in [0.2, 0.25) is 0 Å². The highest BCUT2D eigenvalue weighted by Crippen LogP contribution is 2.54. The number of amides is 1. The number of rotatable bonds is 6. The van der Waals surface area contributed by atoms with E-state index in [-0.39, 0.29) is 34.0 Å². The fraction of sp³-hybridized carbons (Fsp3) is 0.458. The molecule has 0 aromatic heterocycles. The van der Waals surface area contributed by atoms with E-state index in [9.17, 15) is 41.7 Å². The Morgan fingerprint density at radius 1 is 1.08 bits per heavy atom. The van der Waals surface area contributed by atoms with Gasteiger partial charge in [-0.3, -0.25) is 4.79 Å². The smallest absolute Gasteiger partial charge is 0.255 e. The molecule has 4 rings (SSSR count). The Kier molecular flexibility index (Phi) is 7.17. The Bertz CT molecular complexity index is 1270. The summed E-state index contributed by atoms with van der Waals surface area (Å²) in [6.07, 6.45) is -1.59. The van der Waals surface area contributed by atoms with Gasteiger partial charge >= 0.3 is 0 Å². The quantitative estimate of drug-likeness (QED) is 0.411. The lowest BCUT2D eigenvalue weighted by atomic mass is 9.70. The maximum atomic E-state index is 13.6. The largest absolute Gasteiger partial charge is 0.391 e. The summed E-state index contributed by atoms with van der Waals surface area (Å²) in [7, 11) is -4.10. The SMILES string of the molecule is C[C@@H](O)[C@@H](O)C1(O)C2CC[C@H]1CC(S(=O)(=O)c1cc(C(=O)Nc3cc(F)c(F)c(F)c3)ccc1Cl)C2. The summed E-state index contributed by atoms with van der Waals surface area (Å²) < 4.78 is 67.2. The molecule has 2 bridgehead atoms. The van der Waals surface area contributed by atoms with Gasteiger partial charge in [-0.15, -0.1) is 0 Å². The molecule has 2 aliphatic rings. The second kappa shape index (κ2) is 9.60. The molecule has 2 aromatic carbocycles. The molecule has 2 aromatic rings. The number of halogens is 4. The van der Waals surface area contributed by atoms with Crippen LogP contribution in [0.5, 0.6) is 0 Å². The first kappa shape index (κ1) is 26.9. The standard InChI is InChI=1S/C24H25ClF3NO6S/c1-11(30)22(31)24(33)13-3-4-14(24)8-16(7-13)36(34,35)20-6-12(2-5-17(20)25)23(32)29-15-9-18(26)21(28)19(27)10-15/h2,5-6,9-11,13-14,16,22,30-31,33H,3-4,7-8H2,1H3,(H,29,32)/t11-,13+,14?,16?,22-,24?/m1/s1. The number of carbonyl (C=O) groups excluding carboxylic acids is 1. The number of hydrogen-bond donors (Lipinski definition) is 4. The molecule has 36 heavy (non-hydrogen) atoms. The summed E-state index contributed by atoms with van der Waals surface area (Å²) in [5.41, 5.74) is -2.13. The van der Waals surface area contributed by atoms with Crippen LogP contribution in [0.25, 0.3) is 0 Å². The Hall–Kier alpha value is -2.18. The van der Waals surface area contributed by atoms with E-state index in [4.69, 9.17) is 11.6 Å². The van der Waals surface area contributed by atoms with Crippen molar-refractivity contribution < 1.29 is 41.7 Å². The summed E-state index contributed by atoms with van der Waals surface area (Å²) in [5.74, 6) is -6.72. The number of benzene rings is 2. The summed E-state index contributed by atoms with van der Waals surface area (Å²) in [5, 5.41) is 32.5. The van der Waals surface area contributed by atoms with Crippen molar-refractivity contribution in [2.45, 2.75) is 60.6 Å². The molecule has 2 aliphatic carbocycles. The van der Waals surface area contributed by atoms with Crippen LogP contribution in [0.4, 0.5) is 18.9 Å². The van der Waals surface area contributed by atoms with Gasteiger partial charge < -0.3 is 20.6 Å². The Balaban J connectivity index is 1.59. The van der Waals surface area contributed by atoms with Crippen LogP contribution in [-0.4, -0.2) is 52.7 Å². The molecular weight excluding hydrogens is 523 g/mol. The topological polar surface area (TPSA) is 124 Å². The van der Waals surface area contributed by atoms with Crippen LogP contribution >= 0.6 is 11.6 Å². The molecule has 0 radical (unpaired) electrons. The van der Waals surface area contributed by atoms with E-state index in [1.807, 2.05) is 0 Å². The van der Waals surface area contributed by atoms with Crippen molar-refractivity contribution in [2.24, 2.45) is 11.8 Å². The highest BCUT2D eigenvalue weighted by molar-refractivity contribution is 7.92. The van der Waals surface area contributed by atoms with E-state index in [1.165, 1.54) is 19.1 Å². The molecule has 2 saturated carbocycles. The predicted molar refractivity (Wildman–Crippen MR) is 125 cm³/mol. The normalized spacial score (nSPS) is 27.5. The van der Waals surface area contributed by atoms with E-state index in [0.29, 0.717) is 25.0 Å². The second-order valence-electron chi connectivity index (χ2n) is 9.54. The van der Waals surface area contributed by atoms with E-state index in [2.05, 4.69) is 5.32 Å². The molecule has 0 spiro atoms. The maximum Gasteiger partial charge on any atom is 0.255 e. The first-order chi connectivity index (χ1) is 16.8. The molecule has 4 N–H and O–H groups in total. The molecule has 0 heterocycles. The number of nitrogens with one attached hydrogen (secondary N) is 1. The van der Waals surface area contributed by atoms with Crippen molar-refractivity contribution in [2.75, 3.05) is 5.32 Å². The van der Waals surface area contributed by atoms with Crippen LogP contribution < -0.4 is 5.32 Å². The Labute approximate surface area is 210 Å². The summed E-state index contributed by atoms with van der Waals surface area (Å²) in [4.78, 5) is 12.3. The van der Waals surface area contributed by atoms with Gasteiger partial charge in [-0.25, -0.2) is 21.6 Å². The van der Waals surface area contributed by atoms with Gasteiger partial charge in [0.25, 0.3) is 5.91 Å². The first-order valence-corrected chi connectivity index (χ1v) is 13.3. The Morgan fingerprint density at radius 3 is 2.17 bits per heavy atom. The third-order valence-electron chi connectivity index (χ3n) is 7.38. The molecule has 12 heteroatoms. The van der Waals surface area contributed by atoms with Crippen molar-refractivity contribution >= 4 is 33.0 Å². The van der Waals surface area contributed by atoms with Crippen molar-refractivity contribution in [3.8, 4) is 0 Å². The van der Waals surface area contributed by atoms with Gasteiger partial charge in [-0.1, -0.05) is 11.6 Å². The monoisotopic (exact) mass is 547 g/mol. The van der Waals surface area contributed by atoms with E-state index >= 15 is 0 Å². The van der Waals surface area contributed by atoms with E-state index in [0.717, 1.165) is 6.07 Å². The van der Waals surface area contributed by atoms with E-state index < -0.39 is 68.1 Å². The molecule has 196 valence electrons. The first-order valence-electron chi connectivity index (χ1n) is 11.3. The average Bonchev–Trinajstić information content (AvgIpc) is 2.98. The van der Waals surface area contributed by atoms with Gasteiger partial charge in [0.05, 0.1) is 26.9 Å². The molecule has 0 aliphatic heterocycles. The lowest BCUT2D eigenvalue weighted by Gasteiger charge is -2.46. The maximum absolute atomic E-state index is 13.6. The summed E-state index contributed by atoms with van der Waals surface area (Å²) in [6, 6.07) is 4.67. The third kappa shape index (κ3) is 4.51. The van der Waals surface area contributed by atoms with Crippen LogP contribution in [0.1, 0.15) is 43.0 Å². The number of fused-ring (bicyclic) bond motifs is 2. The predicted octanol–water partition coefficient (Wildman–Crippen LogP) is 3.44. The van der Waals surface area contributed by atoms with Gasteiger partial charge in [-0.05, 0) is 62.6 Å². The zero-order valence-electron chi connectivity index (χ0n) is 19.1. The molecule has 0 saturated heterocycles. The van der Waals surface area contributed by atoms with Gasteiger partial charge in [-0.2, -0.15) is 0 Å². The number of aliphatic hydroxyl groups excluding tert-OH is 2. The third-order valence-corrected chi connectivity index (χ3v) is 10.0. The highest BCUT2D eigenvalue weighted by Gasteiger charge is 2.59. The lowest BCUT2D eigenvalue weighted by molar-refractivity contribution is -0.172. The zero-order valence-corrected chi connectivity index (χ0v) is 20.7. The zero-order chi connectivity index (χ0) is 26.6. The summed E-state index contributed by atoms with van der Waals surface area (Å²) in [6.45, 7) is 1.36. The molecule has 3 unspecified atom stereocenters. The molecule has 2 fully saturated rings. The minimum absolute atomic E-state index is 0.0278. The highest BCUT2D eigenvalue weighted by atomic mass is 35.5. The van der Waals surface area contributed by atoms with Crippen LogP contribution in [0.3, 0.4) is 0 Å². The van der Waals surface area contributed by atoms with Crippen LogP contribution in [-0.2, 0) is 9.84 Å².